The van der Waals surface area contributed by atoms with Gasteiger partial charge in [0.2, 0.25) is 0 Å². The summed E-state index contributed by atoms with van der Waals surface area (Å²) in [6.07, 6.45) is -6.03. The Kier molecular flexibility index (Phi) is 6.81. The fraction of sp³-hybridized carbons (Fsp3) is 0.909. The summed E-state index contributed by atoms with van der Waals surface area (Å²) < 4.78 is 39.4. The van der Waals surface area contributed by atoms with Crippen molar-refractivity contribution in [2.24, 2.45) is 11.1 Å². The number of oxime groups is 1. The van der Waals surface area contributed by atoms with Gasteiger partial charge in [-0.15, -0.1) is 12.6 Å². The third-order valence-corrected chi connectivity index (χ3v) is 4.50. The average molecular weight is 375 g/mol. The van der Waals surface area contributed by atoms with E-state index in [1.807, 2.05) is 0 Å². The van der Waals surface area contributed by atoms with Gasteiger partial charge < -0.3 is 25.2 Å². The zero-order chi connectivity index (χ0) is 18.0. The van der Waals surface area contributed by atoms with Crippen molar-refractivity contribution in [2.45, 2.75) is 49.6 Å². The first-order valence-electron chi connectivity index (χ1n) is 6.77. The predicted molar refractivity (Wildman–Crippen MR) is 81.2 cm³/mol. The second-order valence-corrected chi connectivity index (χ2v) is 6.92. The van der Waals surface area contributed by atoms with Crippen molar-refractivity contribution in [3.63, 3.8) is 0 Å². The molecule has 0 aliphatic carbocycles. The first kappa shape index (κ1) is 20.6. The molecule has 1 aliphatic heterocycles. The number of rotatable bonds is 6. The third-order valence-electron chi connectivity index (χ3n) is 3.64. The number of nitrogens with zero attached hydrogens (tertiary/aromatic N) is 1. The fourth-order valence-corrected chi connectivity index (χ4v) is 2.88. The summed E-state index contributed by atoms with van der Waals surface area (Å²) >= 11 is 4.13. The summed E-state index contributed by atoms with van der Waals surface area (Å²) in [6, 6.07) is 0. The molecule has 1 heterocycles. The highest BCUT2D eigenvalue weighted by molar-refractivity contribution is 7.82. The maximum atomic E-state index is 10.7. The Bertz CT molecular complexity index is 538. The molecule has 12 heteroatoms. The summed E-state index contributed by atoms with van der Waals surface area (Å²) in [5.74, 6) is -0.536. The van der Waals surface area contributed by atoms with Crippen molar-refractivity contribution >= 4 is 28.7 Å². The van der Waals surface area contributed by atoms with Crippen molar-refractivity contribution in [1.29, 1.82) is 0 Å². The molecule has 0 saturated carbocycles. The van der Waals surface area contributed by atoms with E-state index in [0.717, 1.165) is 0 Å². The maximum Gasteiger partial charge on any atom is 0.466 e. The SMILES string of the molecule is CCC(C)/C(=N\OS(=O)(=O)O)[C@@]1(S)O[C@H](CO)[C@@H](O)[C@H](O)[C@H]1O. The summed E-state index contributed by atoms with van der Waals surface area (Å²) in [7, 11) is -4.91. The fourth-order valence-electron chi connectivity index (χ4n) is 2.15. The molecule has 0 amide bonds. The number of hydrogen-bond acceptors (Lipinski definition) is 10. The molecule has 0 radical (unpaired) electrons. The monoisotopic (exact) mass is 375 g/mol. The van der Waals surface area contributed by atoms with Gasteiger partial charge in [0.05, 0.1) is 6.61 Å². The van der Waals surface area contributed by atoms with Crippen LogP contribution in [0, 0.1) is 5.92 Å². The van der Waals surface area contributed by atoms with Crippen molar-refractivity contribution in [1.82, 2.24) is 0 Å². The highest BCUT2D eigenvalue weighted by atomic mass is 32.3. The Balaban J connectivity index is 3.30. The Morgan fingerprint density at radius 2 is 1.96 bits per heavy atom. The van der Waals surface area contributed by atoms with E-state index in [0.29, 0.717) is 6.42 Å². The molecule has 10 nitrogen and oxygen atoms in total. The molecule has 1 aliphatic rings. The van der Waals surface area contributed by atoms with E-state index in [1.165, 1.54) is 0 Å². The van der Waals surface area contributed by atoms with Gasteiger partial charge in [0.15, 0.2) is 4.93 Å². The number of ether oxygens (including phenoxy) is 1. The van der Waals surface area contributed by atoms with Gasteiger partial charge in [-0.2, -0.15) is 8.42 Å². The largest absolute Gasteiger partial charge is 0.466 e. The predicted octanol–water partition coefficient (Wildman–Crippen LogP) is -1.69. The lowest BCUT2D eigenvalue weighted by atomic mass is 9.87. The molecule has 1 saturated heterocycles. The van der Waals surface area contributed by atoms with Gasteiger partial charge in [-0.05, 0) is 6.42 Å². The molecule has 6 atom stereocenters. The Morgan fingerprint density at radius 1 is 1.39 bits per heavy atom. The van der Waals surface area contributed by atoms with Gasteiger partial charge >= 0.3 is 10.4 Å². The van der Waals surface area contributed by atoms with Gasteiger partial charge in [-0.1, -0.05) is 19.0 Å². The summed E-state index contributed by atoms with van der Waals surface area (Å²) in [6.45, 7) is 2.61. The van der Waals surface area contributed by atoms with Gasteiger partial charge in [0.1, 0.15) is 30.1 Å². The van der Waals surface area contributed by atoms with Gasteiger partial charge in [-0.3, -0.25) is 4.55 Å². The van der Waals surface area contributed by atoms with E-state index in [4.69, 9.17) is 9.29 Å². The Morgan fingerprint density at radius 3 is 2.39 bits per heavy atom. The van der Waals surface area contributed by atoms with E-state index in [9.17, 15) is 28.8 Å². The molecule has 136 valence electrons. The van der Waals surface area contributed by atoms with E-state index in [-0.39, 0.29) is 5.71 Å². The number of aliphatic hydroxyl groups is 4. The van der Waals surface area contributed by atoms with Crippen LogP contribution in [-0.2, 0) is 19.4 Å². The van der Waals surface area contributed by atoms with Crippen molar-refractivity contribution in [3.05, 3.63) is 0 Å². The number of thiol groups is 1. The molecule has 0 spiro atoms. The molecule has 1 rings (SSSR count). The first-order valence-corrected chi connectivity index (χ1v) is 8.58. The molecular formula is C11H21NO9S2. The minimum absolute atomic E-state index is 0.238. The number of aliphatic hydroxyl groups excluding tert-OH is 4. The van der Waals surface area contributed by atoms with Gasteiger partial charge in [-0.25, -0.2) is 4.28 Å². The zero-order valence-electron chi connectivity index (χ0n) is 12.5. The van der Waals surface area contributed by atoms with Crippen LogP contribution in [0.2, 0.25) is 0 Å². The maximum absolute atomic E-state index is 10.7. The van der Waals surface area contributed by atoms with Crippen LogP contribution >= 0.6 is 12.6 Å². The van der Waals surface area contributed by atoms with Crippen LogP contribution in [0.3, 0.4) is 0 Å². The minimum Gasteiger partial charge on any atom is -0.394 e. The number of hydrogen-bond donors (Lipinski definition) is 6. The molecule has 0 aromatic carbocycles. The summed E-state index contributed by atoms with van der Waals surface area (Å²) in [4.78, 5) is -2.05. The second-order valence-electron chi connectivity index (χ2n) is 5.25. The van der Waals surface area contributed by atoms with E-state index < -0.39 is 52.3 Å². The molecule has 0 aromatic rings. The van der Waals surface area contributed by atoms with Crippen molar-refractivity contribution in [2.75, 3.05) is 6.61 Å². The van der Waals surface area contributed by atoms with Gasteiger partial charge in [0, 0.05) is 5.92 Å². The highest BCUT2D eigenvalue weighted by Gasteiger charge is 2.55. The Labute approximate surface area is 139 Å². The molecule has 1 unspecified atom stereocenters. The molecule has 23 heavy (non-hydrogen) atoms. The van der Waals surface area contributed by atoms with E-state index in [1.54, 1.807) is 13.8 Å². The van der Waals surface area contributed by atoms with Crippen LogP contribution < -0.4 is 0 Å². The summed E-state index contributed by atoms with van der Waals surface area (Å²) in [5, 5.41) is 42.3. The van der Waals surface area contributed by atoms with E-state index >= 15 is 0 Å². The van der Waals surface area contributed by atoms with Crippen LogP contribution in [0.25, 0.3) is 0 Å². The van der Waals surface area contributed by atoms with Crippen LogP contribution in [0.5, 0.6) is 0 Å². The average Bonchev–Trinajstić information content (AvgIpc) is 2.47. The molecule has 1 fully saturated rings. The third kappa shape index (κ3) is 4.54. The zero-order valence-corrected chi connectivity index (χ0v) is 14.2. The first-order chi connectivity index (χ1) is 10.5. The lowest BCUT2D eigenvalue weighted by molar-refractivity contribution is -0.223. The van der Waals surface area contributed by atoms with Crippen molar-refractivity contribution in [3.8, 4) is 0 Å². The summed E-state index contributed by atoms with van der Waals surface area (Å²) in [5.41, 5.74) is -0.238. The minimum atomic E-state index is -4.91. The smallest absolute Gasteiger partial charge is 0.394 e. The molecule has 0 bridgehead atoms. The van der Waals surface area contributed by atoms with Crippen LogP contribution in [0.1, 0.15) is 20.3 Å². The standard InChI is InChI=1S/C11H21NO9S2/c1-3-5(2)9(12-21-23(17,18)19)11(22)10(16)8(15)7(14)6(4-13)20-11/h5-8,10,13-16,22H,3-4H2,1-2H3,(H,17,18,19)/b12-9+/t5?,6-,7-,8+,10-,11+/m1/s1. The normalized spacial score (nSPS) is 37.5. The second kappa shape index (κ2) is 7.61. The topological polar surface area (TPSA) is 166 Å². The van der Waals surface area contributed by atoms with E-state index in [2.05, 4.69) is 22.1 Å². The highest BCUT2D eigenvalue weighted by Crippen LogP contribution is 2.37. The Hall–Kier alpha value is -0.470. The van der Waals surface area contributed by atoms with Gasteiger partial charge in [0.25, 0.3) is 0 Å². The molecular weight excluding hydrogens is 354 g/mol. The molecule has 5 N–H and O–H groups in total. The lowest BCUT2D eigenvalue weighted by Crippen LogP contribution is -2.66. The quantitative estimate of drug-likeness (QED) is 0.137. The molecule has 0 aromatic heterocycles. The van der Waals surface area contributed by atoms with Crippen LogP contribution in [0.15, 0.2) is 5.16 Å². The lowest BCUT2D eigenvalue weighted by Gasteiger charge is -2.46. The van der Waals surface area contributed by atoms with Crippen LogP contribution in [-0.4, -0.2) is 75.1 Å². The van der Waals surface area contributed by atoms with Crippen molar-refractivity contribution < 1.29 is 42.4 Å². The van der Waals surface area contributed by atoms with Crippen LogP contribution in [0.4, 0.5) is 0 Å².